The Morgan fingerprint density at radius 3 is 2.30 bits per heavy atom. The number of anilines is 2. The van der Waals surface area contributed by atoms with Gasteiger partial charge in [-0.05, 0) is 42.5 Å². The van der Waals surface area contributed by atoms with E-state index in [1.165, 1.54) is 0 Å². The summed E-state index contributed by atoms with van der Waals surface area (Å²) in [6.45, 7) is 0. The molecule has 1 N–H and O–H groups in total. The molecule has 8 heteroatoms. The van der Waals surface area contributed by atoms with Crippen molar-refractivity contribution < 1.29 is 13.2 Å². The minimum Gasteiger partial charge on any atom is -0.340 e. The van der Waals surface area contributed by atoms with Crippen molar-refractivity contribution in [3.8, 4) is 22.6 Å². The lowest BCUT2D eigenvalue weighted by Crippen LogP contribution is -2.10. The predicted octanol–water partition coefficient (Wildman–Crippen LogP) is 6.62. The van der Waals surface area contributed by atoms with Crippen LogP contribution in [0, 0.1) is 0 Å². The van der Waals surface area contributed by atoms with Crippen LogP contribution >= 0.6 is 11.6 Å². The molecule has 0 unspecified atom stereocenters. The second-order valence-corrected chi connectivity index (χ2v) is 6.82. The van der Waals surface area contributed by atoms with Crippen LogP contribution < -0.4 is 5.32 Å². The fourth-order valence-electron chi connectivity index (χ4n) is 2.81. The third-order valence-corrected chi connectivity index (χ3v) is 4.47. The fraction of sp³-hybridized carbons (Fsp3) is 0.0455. The highest BCUT2D eigenvalue weighted by Crippen LogP contribution is 2.33. The predicted molar refractivity (Wildman–Crippen MR) is 110 cm³/mol. The Bertz CT molecular complexity index is 1160. The number of alkyl halides is 3. The molecular weight excluding hydrogens is 413 g/mol. The Labute approximate surface area is 175 Å². The first-order chi connectivity index (χ1) is 14.4. The first-order valence-electron chi connectivity index (χ1n) is 8.89. The van der Waals surface area contributed by atoms with Gasteiger partial charge in [0.1, 0.15) is 11.5 Å². The van der Waals surface area contributed by atoms with Crippen LogP contribution in [0.3, 0.4) is 0 Å². The SMILES string of the molecule is FC(F)(F)c1cc(-c2ccc(Cl)cc2)nc(-c2cccc(Nc3ccccn3)c2)n1. The van der Waals surface area contributed by atoms with Crippen molar-refractivity contribution in [1.29, 1.82) is 0 Å². The molecule has 0 aliphatic rings. The van der Waals surface area contributed by atoms with Crippen molar-refractivity contribution in [3.05, 3.63) is 89.7 Å². The molecule has 0 amide bonds. The second kappa shape index (κ2) is 8.12. The molecule has 0 saturated heterocycles. The topological polar surface area (TPSA) is 50.7 Å². The maximum absolute atomic E-state index is 13.5. The number of halogens is 4. The van der Waals surface area contributed by atoms with Gasteiger partial charge < -0.3 is 5.32 Å². The summed E-state index contributed by atoms with van der Waals surface area (Å²) >= 11 is 5.89. The standard InChI is InChI=1S/C22H14ClF3N4/c23-16-9-7-14(8-10-16)18-13-19(22(24,25)26)30-21(29-18)15-4-3-5-17(12-15)28-20-6-1-2-11-27-20/h1-13H,(H,27,28). The molecule has 2 aromatic heterocycles. The number of pyridine rings is 1. The smallest absolute Gasteiger partial charge is 0.340 e. The maximum Gasteiger partial charge on any atom is 0.433 e. The average molecular weight is 427 g/mol. The van der Waals surface area contributed by atoms with Crippen molar-refractivity contribution >= 4 is 23.1 Å². The molecule has 4 nitrogen and oxygen atoms in total. The number of nitrogens with one attached hydrogen (secondary N) is 1. The van der Waals surface area contributed by atoms with E-state index in [0.717, 1.165) is 6.07 Å². The molecule has 0 radical (unpaired) electrons. The lowest BCUT2D eigenvalue weighted by atomic mass is 10.1. The molecule has 30 heavy (non-hydrogen) atoms. The molecule has 0 aliphatic heterocycles. The summed E-state index contributed by atoms with van der Waals surface area (Å²) < 4.78 is 40.4. The summed E-state index contributed by atoms with van der Waals surface area (Å²) in [6, 6.07) is 19.6. The van der Waals surface area contributed by atoms with Crippen LogP contribution in [-0.4, -0.2) is 15.0 Å². The van der Waals surface area contributed by atoms with E-state index in [1.54, 1.807) is 66.9 Å². The highest BCUT2D eigenvalue weighted by Gasteiger charge is 2.34. The summed E-state index contributed by atoms with van der Waals surface area (Å²) in [7, 11) is 0. The van der Waals surface area contributed by atoms with Gasteiger partial charge in [0.05, 0.1) is 5.69 Å². The number of rotatable bonds is 4. The fourth-order valence-corrected chi connectivity index (χ4v) is 2.94. The summed E-state index contributed by atoms with van der Waals surface area (Å²) in [5, 5.41) is 3.59. The summed E-state index contributed by atoms with van der Waals surface area (Å²) in [5.74, 6) is 0.584. The van der Waals surface area contributed by atoms with Crippen LogP contribution in [0.4, 0.5) is 24.7 Å². The molecule has 0 atom stereocenters. The monoisotopic (exact) mass is 426 g/mol. The van der Waals surface area contributed by atoms with Crippen molar-refractivity contribution in [2.45, 2.75) is 6.18 Å². The lowest BCUT2D eigenvalue weighted by Gasteiger charge is -2.12. The van der Waals surface area contributed by atoms with Gasteiger partial charge in [0.15, 0.2) is 5.82 Å². The Morgan fingerprint density at radius 1 is 0.800 bits per heavy atom. The molecule has 4 aromatic rings. The van der Waals surface area contributed by atoms with E-state index in [0.29, 0.717) is 27.7 Å². The van der Waals surface area contributed by atoms with E-state index in [2.05, 4.69) is 20.3 Å². The third-order valence-electron chi connectivity index (χ3n) is 4.21. The van der Waals surface area contributed by atoms with Crippen LogP contribution in [0.5, 0.6) is 0 Å². The van der Waals surface area contributed by atoms with Gasteiger partial charge in [-0.15, -0.1) is 0 Å². The van der Waals surface area contributed by atoms with Gasteiger partial charge >= 0.3 is 6.18 Å². The Morgan fingerprint density at radius 2 is 1.60 bits per heavy atom. The van der Waals surface area contributed by atoms with Gasteiger partial charge in [0, 0.05) is 28.0 Å². The van der Waals surface area contributed by atoms with Crippen LogP contribution in [0.15, 0.2) is 79.0 Å². The molecule has 2 heterocycles. The van der Waals surface area contributed by atoms with E-state index >= 15 is 0 Å². The Hall–Kier alpha value is -3.45. The Balaban J connectivity index is 1.77. The highest BCUT2D eigenvalue weighted by molar-refractivity contribution is 6.30. The first-order valence-corrected chi connectivity index (χ1v) is 9.27. The number of hydrogen-bond acceptors (Lipinski definition) is 4. The van der Waals surface area contributed by atoms with Crippen LogP contribution in [-0.2, 0) is 6.18 Å². The molecule has 2 aromatic carbocycles. The zero-order valence-electron chi connectivity index (χ0n) is 15.4. The van der Waals surface area contributed by atoms with E-state index in [-0.39, 0.29) is 11.5 Å². The quantitative estimate of drug-likeness (QED) is 0.398. The molecule has 0 fully saturated rings. The van der Waals surface area contributed by atoms with E-state index in [4.69, 9.17) is 11.6 Å². The van der Waals surface area contributed by atoms with E-state index in [1.807, 2.05) is 6.07 Å². The number of aromatic nitrogens is 3. The zero-order chi connectivity index (χ0) is 21.1. The highest BCUT2D eigenvalue weighted by atomic mass is 35.5. The van der Waals surface area contributed by atoms with E-state index < -0.39 is 11.9 Å². The summed E-state index contributed by atoms with van der Waals surface area (Å²) in [6.07, 6.45) is -2.97. The normalized spacial score (nSPS) is 11.3. The average Bonchev–Trinajstić information content (AvgIpc) is 2.74. The lowest BCUT2D eigenvalue weighted by molar-refractivity contribution is -0.141. The van der Waals surface area contributed by atoms with Gasteiger partial charge in [-0.1, -0.05) is 41.9 Å². The van der Waals surface area contributed by atoms with Gasteiger partial charge in [-0.25, -0.2) is 15.0 Å². The number of hydrogen-bond donors (Lipinski definition) is 1. The molecule has 4 rings (SSSR count). The van der Waals surface area contributed by atoms with Crippen molar-refractivity contribution in [3.63, 3.8) is 0 Å². The third kappa shape index (κ3) is 4.58. The van der Waals surface area contributed by atoms with Gasteiger partial charge in [0.25, 0.3) is 0 Å². The molecule has 150 valence electrons. The molecule has 0 aliphatic carbocycles. The summed E-state index contributed by atoms with van der Waals surface area (Å²) in [4.78, 5) is 12.3. The van der Waals surface area contributed by atoms with Crippen LogP contribution in [0.25, 0.3) is 22.6 Å². The van der Waals surface area contributed by atoms with Crippen molar-refractivity contribution in [2.75, 3.05) is 5.32 Å². The van der Waals surface area contributed by atoms with Crippen molar-refractivity contribution in [1.82, 2.24) is 15.0 Å². The van der Waals surface area contributed by atoms with Gasteiger partial charge in [0.2, 0.25) is 0 Å². The number of benzene rings is 2. The second-order valence-electron chi connectivity index (χ2n) is 6.39. The van der Waals surface area contributed by atoms with Crippen LogP contribution in [0.1, 0.15) is 5.69 Å². The van der Waals surface area contributed by atoms with Crippen LogP contribution in [0.2, 0.25) is 5.02 Å². The zero-order valence-corrected chi connectivity index (χ0v) is 16.1. The van der Waals surface area contributed by atoms with Gasteiger partial charge in [-0.3, -0.25) is 0 Å². The molecule has 0 bridgehead atoms. The van der Waals surface area contributed by atoms with E-state index in [9.17, 15) is 13.2 Å². The van der Waals surface area contributed by atoms with Gasteiger partial charge in [-0.2, -0.15) is 13.2 Å². The Kier molecular flexibility index (Phi) is 5.37. The maximum atomic E-state index is 13.5. The first kappa shape index (κ1) is 19.8. The summed E-state index contributed by atoms with van der Waals surface area (Å²) in [5.41, 5.74) is 0.751. The molecule has 0 saturated carbocycles. The minimum absolute atomic E-state index is 0.0283. The minimum atomic E-state index is -4.61. The van der Waals surface area contributed by atoms with Crippen molar-refractivity contribution in [2.24, 2.45) is 0 Å². The largest absolute Gasteiger partial charge is 0.433 e. The molecule has 0 spiro atoms. The number of nitrogens with zero attached hydrogens (tertiary/aromatic N) is 3. The molecular formula is C22H14ClF3N4.